The van der Waals surface area contributed by atoms with E-state index in [1.165, 1.54) is 50.8 Å². The van der Waals surface area contributed by atoms with Crippen molar-refractivity contribution in [2.45, 2.75) is 44.6 Å². The lowest BCUT2D eigenvalue weighted by Crippen LogP contribution is -2.39. The third-order valence-electron chi connectivity index (χ3n) is 5.35. The minimum atomic E-state index is 0.840. The topological polar surface area (TPSA) is 15.3 Å². The van der Waals surface area contributed by atoms with Crippen LogP contribution in [-0.2, 0) is 6.54 Å². The number of anilines is 1. The first-order valence-electron chi connectivity index (χ1n) is 8.01. The Morgan fingerprint density at radius 3 is 3.05 bits per heavy atom. The highest BCUT2D eigenvalue weighted by atomic mass is 15.2. The second kappa shape index (κ2) is 4.82. The molecule has 0 aromatic heterocycles. The quantitative estimate of drug-likeness (QED) is 0.766. The fraction of sp³-hybridized carbons (Fsp3) is 0.647. The summed E-state index contributed by atoms with van der Waals surface area (Å²) in [7, 11) is 0. The Balaban J connectivity index is 1.81. The maximum Gasteiger partial charge on any atom is 0.0447 e. The molecule has 0 bridgehead atoms. The molecule has 0 saturated heterocycles. The molecule has 1 aromatic rings. The average Bonchev–Trinajstić information content (AvgIpc) is 2.79. The molecule has 1 unspecified atom stereocenters. The molecule has 19 heavy (non-hydrogen) atoms. The third-order valence-corrected chi connectivity index (χ3v) is 5.35. The van der Waals surface area contributed by atoms with Crippen molar-refractivity contribution in [1.82, 2.24) is 5.32 Å². The number of hydrogen-bond acceptors (Lipinski definition) is 2. The zero-order valence-corrected chi connectivity index (χ0v) is 11.7. The summed E-state index contributed by atoms with van der Waals surface area (Å²) < 4.78 is 0. The van der Waals surface area contributed by atoms with Crippen molar-refractivity contribution < 1.29 is 0 Å². The number of nitrogens with one attached hydrogen (secondary N) is 1. The summed E-state index contributed by atoms with van der Waals surface area (Å²) in [6, 6.07) is 7.02. The van der Waals surface area contributed by atoms with Gasteiger partial charge in [0.1, 0.15) is 0 Å². The molecule has 1 aliphatic carbocycles. The SMILES string of the molecule is c1cc2c3c(c1)C1CCCCC[C@H]1CN3CCNC2. The standard InChI is InChI=1S/C17H24N2/c1-2-5-14-12-19-10-9-18-11-13-6-4-8-16(17(13)19)15(14)7-3-1/h4,6,8,14-15,18H,1-3,5,7,9-12H2/t14-,15?/m0/s1. The van der Waals surface area contributed by atoms with Gasteiger partial charge in [-0.15, -0.1) is 0 Å². The van der Waals surface area contributed by atoms with Crippen molar-refractivity contribution in [3.05, 3.63) is 29.3 Å². The van der Waals surface area contributed by atoms with E-state index in [9.17, 15) is 0 Å². The molecule has 102 valence electrons. The molecule has 2 heteroatoms. The minimum Gasteiger partial charge on any atom is -0.369 e. The van der Waals surface area contributed by atoms with E-state index in [1.54, 1.807) is 11.3 Å². The third kappa shape index (κ3) is 1.97. The summed E-state index contributed by atoms with van der Waals surface area (Å²) in [5, 5.41) is 3.57. The highest BCUT2D eigenvalue weighted by Gasteiger charge is 2.35. The summed E-state index contributed by atoms with van der Waals surface area (Å²) in [5.41, 5.74) is 4.78. The highest BCUT2D eigenvalue weighted by molar-refractivity contribution is 5.63. The molecule has 0 radical (unpaired) electrons. The first-order chi connectivity index (χ1) is 9.43. The lowest BCUT2D eigenvalue weighted by atomic mass is 9.77. The predicted molar refractivity (Wildman–Crippen MR) is 79.7 cm³/mol. The Morgan fingerprint density at radius 2 is 2.05 bits per heavy atom. The molecular formula is C17H24N2. The first kappa shape index (κ1) is 11.8. The van der Waals surface area contributed by atoms with Gasteiger partial charge in [0.25, 0.3) is 0 Å². The Hall–Kier alpha value is -1.02. The van der Waals surface area contributed by atoms with Gasteiger partial charge in [0.05, 0.1) is 0 Å². The zero-order valence-electron chi connectivity index (χ0n) is 11.7. The van der Waals surface area contributed by atoms with Crippen LogP contribution in [-0.4, -0.2) is 19.6 Å². The molecule has 1 saturated carbocycles. The molecule has 1 N–H and O–H groups in total. The van der Waals surface area contributed by atoms with Crippen molar-refractivity contribution in [3.8, 4) is 0 Å². The largest absolute Gasteiger partial charge is 0.369 e. The van der Waals surface area contributed by atoms with E-state index >= 15 is 0 Å². The van der Waals surface area contributed by atoms with Gasteiger partial charge in [0.15, 0.2) is 0 Å². The van der Waals surface area contributed by atoms with Gasteiger partial charge < -0.3 is 10.2 Å². The molecule has 1 fully saturated rings. The minimum absolute atomic E-state index is 0.840. The first-order valence-corrected chi connectivity index (χ1v) is 8.01. The number of fused-ring (bicyclic) bond motifs is 2. The maximum atomic E-state index is 3.57. The van der Waals surface area contributed by atoms with Crippen LogP contribution in [0.1, 0.15) is 49.1 Å². The molecule has 2 atom stereocenters. The van der Waals surface area contributed by atoms with E-state index in [4.69, 9.17) is 0 Å². The van der Waals surface area contributed by atoms with Gasteiger partial charge in [-0.05, 0) is 35.8 Å². The Kier molecular flexibility index (Phi) is 2.99. The molecule has 0 spiro atoms. The van der Waals surface area contributed by atoms with Gasteiger partial charge in [-0.3, -0.25) is 0 Å². The second-order valence-corrected chi connectivity index (χ2v) is 6.48. The zero-order chi connectivity index (χ0) is 12.7. The molecule has 2 aliphatic heterocycles. The van der Waals surface area contributed by atoms with Gasteiger partial charge in [-0.1, -0.05) is 37.5 Å². The summed E-state index contributed by atoms with van der Waals surface area (Å²) in [6.45, 7) is 4.67. The normalized spacial score (nSPS) is 30.0. The van der Waals surface area contributed by atoms with Crippen molar-refractivity contribution in [3.63, 3.8) is 0 Å². The van der Waals surface area contributed by atoms with Crippen LogP contribution in [0.3, 0.4) is 0 Å². The van der Waals surface area contributed by atoms with E-state index < -0.39 is 0 Å². The van der Waals surface area contributed by atoms with E-state index in [2.05, 4.69) is 28.4 Å². The van der Waals surface area contributed by atoms with Gasteiger partial charge in [0, 0.05) is 31.9 Å². The predicted octanol–water partition coefficient (Wildman–Crippen LogP) is 3.27. The molecule has 4 rings (SSSR count). The van der Waals surface area contributed by atoms with Crippen LogP contribution in [0, 0.1) is 5.92 Å². The highest BCUT2D eigenvalue weighted by Crippen LogP contribution is 2.46. The Labute approximate surface area is 116 Å². The van der Waals surface area contributed by atoms with Crippen LogP contribution in [0.15, 0.2) is 18.2 Å². The summed E-state index contributed by atoms with van der Waals surface area (Å²) >= 11 is 0. The summed E-state index contributed by atoms with van der Waals surface area (Å²) in [5.74, 6) is 1.75. The van der Waals surface area contributed by atoms with Crippen LogP contribution in [0.2, 0.25) is 0 Å². The Morgan fingerprint density at radius 1 is 1.11 bits per heavy atom. The smallest absolute Gasteiger partial charge is 0.0447 e. The van der Waals surface area contributed by atoms with Crippen molar-refractivity contribution >= 4 is 5.69 Å². The number of nitrogens with zero attached hydrogens (tertiary/aromatic N) is 1. The number of benzene rings is 1. The fourth-order valence-electron chi connectivity index (χ4n) is 4.47. The van der Waals surface area contributed by atoms with Crippen LogP contribution in [0.5, 0.6) is 0 Å². The Bertz CT molecular complexity index is 468. The number of rotatable bonds is 0. The summed E-state index contributed by atoms with van der Waals surface area (Å²) in [4.78, 5) is 2.68. The van der Waals surface area contributed by atoms with Crippen molar-refractivity contribution in [2.24, 2.45) is 5.92 Å². The van der Waals surface area contributed by atoms with Gasteiger partial charge in [0.2, 0.25) is 0 Å². The fourth-order valence-corrected chi connectivity index (χ4v) is 4.47. The van der Waals surface area contributed by atoms with E-state index in [-0.39, 0.29) is 0 Å². The number of hydrogen-bond donors (Lipinski definition) is 1. The van der Waals surface area contributed by atoms with E-state index in [0.717, 1.165) is 24.9 Å². The maximum absolute atomic E-state index is 3.57. The van der Waals surface area contributed by atoms with Gasteiger partial charge >= 0.3 is 0 Å². The lowest BCUT2D eigenvalue weighted by Gasteiger charge is -2.41. The van der Waals surface area contributed by atoms with Crippen LogP contribution < -0.4 is 10.2 Å². The second-order valence-electron chi connectivity index (χ2n) is 6.48. The van der Waals surface area contributed by atoms with Crippen LogP contribution >= 0.6 is 0 Å². The molecule has 1 aromatic carbocycles. The summed E-state index contributed by atoms with van der Waals surface area (Å²) in [6.07, 6.45) is 7.19. The molecule has 2 nitrogen and oxygen atoms in total. The van der Waals surface area contributed by atoms with Crippen LogP contribution in [0.4, 0.5) is 5.69 Å². The monoisotopic (exact) mass is 256 g/mol. The van der Waals surface area contributed by atoms with Crippen molar-refractivity contribution in [2.75, 3.05) is 24.5 Å². The number of para-hydroxylation sites is 1. The van der Waals surface area contributed by atoms with Gasteiger partial charge in [-0.2, -0.15) is 0 Å². The molecule has 2 heterocycles. The molecule has 0 amide bonds. The van der Waals surface area contributed by atoms with Crippen molar-refractivity contribution in [1.29, 1.82) is 0 Å². The molecular weight excluding hydrogens is 232 g/mol. The van der Waals surface area contributed by atoms with Gasteiger partial charge in [-0.25, -0.2) is 0 Å². The average molecular weight is 256 g/mol. The van der Waals surface area contributed by atoms with E-state index in [1.807, 2.05) is 0 Å². The van der Waals surface area contributed by atoms with Crippen LogP contribution in [0.25, 0.3) is 0 Å². The van der Waals surface area contributed by atoms with E-state index in [0.29, 0.717) is 0 Å². The molecule has 3 aliphatic rings. The lowest BCUT2D eigenvalue weighted by molar-refractivity contribution is 0.380.